The van der Waals surface area contributed by atoms with Gasteiger partial charge in [-0.25, -0.2) is 4.52 Å². The minimum atomic E-state index is 0.184. The third-order valence-corrected chi connectivity index (χ3v) is 2.30. The molecule has 0 amide bonds. The molecule has 0 aliphatic heterocycles. The highest BCUT2D eigenvalue weighted by molar-refractivity contribution is 5.55. The summed E-state index contributed by atoms with van der Waals surface area (Å²) in [4.78, 5) is 0. The molecular weight excluding hydrogens is 174 g/mol. The van der Waals surface area contributed by atoms with Crippen molar-refractivity contribution in [3.8, 4) is 0 Å². The predicted molar refractivity (Wildman–Crippen MR) is 57.3 cm³/mol. The number of hydrogen-bond donors (Lipinski definition) is 1. The van der Waals surface area contributed by atoms with Gasteiger partial charge in [-0.1, -0.05) is 0 Å². The Balaban J connectivity index is 2.50. The molecule has 0 spiro atoms. The molecule has 74 valence electrons. The Morgan fingerprint density at radius 1 is 1.57 bits per heavy atom. The highest BCUT2D eigenvalue weighted by Crippen LogP contribution is 2.13. The lowest BCUT2D eigenvalue weighted by Crippen LogP contribution is -2.17. The van der Waals surface area contributed by atoms with Gasteiger partial charge < -0.3 is 5.73 Å². The van der Waals surface area contributed by atoms with Crippen LogP contribution in [-0.2, 0) is 6.42 Å². The Morgan fingerprint density at radius 3 is 3.07 bits per heavy atom. The van der Waals surface area contributed by atoms with Gasteiger partial charge in [-0.05, 0) is 43.5 Å². The molecule has 0 aliphatic rings. The van der Waals surface area contributed by atoms with Gasteiger partial charge in [0.1, 0.15) is 0 Å². The maximum atomic E-state index is 5.78. The van der Waals surface area contributed by atoms with Gasteiger partial charge in [-0.2, -0.15) is 5.10 Å². The second-order valence-corrected chi connectivity index (χ2v) is 3.89. The third kappa shape index (κ3) is 1.63. The van der Waals surface area contributed by atoms with E-state index in [1.807, 2.05) is 23.8 Å². The topological polar surface area (TPSA) is 43.3 Å². The number of pyridine rings is 1. The summed E-state index contributed by atoms with van der Waals surface area (Å²) in [7, 11) is 0. The average Bonchev–Trinajstić information content (AvgIpc) is 2.47. The fourth-order valence-electron chi connectivity index (χ4n) is 1.64. The predicted octanol–water partition coefficient (Wildman–Crippen LogP) is 1.53. The molecule has 0 aromatic carbocycles. The zero-order chi connectivity index (χ0) is 10.1. The summed E-state index contributed by atoms with van der Waals surface area (Å²) >= 11 is 0. The molecule has 0 saturated heterocycles. The lowest BCUT2D eigenvalue weighted by atomic mass is 10.1. The summed E-state index contributed by atoms with van der Waals surface area (Å²) in [6, 6.07) is 4.38. The first-order valence-electron chi connectivity index (χ1n) is 4.85. The Kier molecular flexibility index (Phi) is 2.25. The van der Waals surface area contributed by atoms with E-state index in [1.165, 1.54) is 16.6 Å². The molecule has 2 heterocycles. The SMILES string of the molecule is Cc1ccn2ncc(CC(C)N)c2c1. The van der Waals surface area contributed by atoms with E-state index in [0.717, 1.165) is 6.42 Å². The molecule has 2 rings (SSSR count). The molecule has 0 saturated carbocycles. The Labute approximate surface area is 83.5 Å². The molecule has 3 heteroatoms. The molecule has 14 heavy (non-hydrogen) atoms. The molecule has 0 radical (unpaired) electrons. The van der Waals surface area contributed by atoms with Crippen molar-refractivity contribution >= 4 is 5.52 Å². The van der Waals surface area contributed by atoms with Crippen molar-refractivity contribution in [1.29, 1.82) is 0 Å². The second-order valence-electron chi connectivity index (χ2n) is 3.89. The molecule has 0 aliphatic carbocycles. The van der Waals surface area contributed by atoms with Gasteiger partial charge in [-0.15, -0.1) is 0 Å². The Bertz CT molecular complexity index is 443. The first-order chi connectivity index (χ1) is 6.66. The highest BCUT2D eigenvalue weighted by Gasteiger charge is 2.05. The van der Waals surface area contributed by atoms with Crippen LogP contribution in [0.4, 0.5) is 0 Å². The molecule has 2 aromatic rings. The van der Waals surface area contributed by atoms with Crippen molar-refractivity contribution < 1.29 is 0 Å². The normalized spacial score (nSPS) is 13.4. The van der Waals surface area contributed by atoms with Gasteiger partial charge in [0.15, 0.2) is 0 Å². The summed E-state index contributed by atoms with van der Waals surface area (Å²) in [6.07, 6.45) is 4.76. The molecular formula is C11H15N3. The zero-order valence-corrected chi connectivity index (χ0v) is 8.57. The third-order valence-electron chi connectivity index (χ3n) is 2.30. The van der Waals surface area contributed by atoms with E-state index in [9.17, 15) is 0 Å². The van der Waals surface area contributed by atoms with Crippen LogP contribution in [0.3, 0.4) is 0 Å². The van der Waals surface area contributed by atoms with Crippen LogP contribution in [-0.4, -0.2) is 15.7 Å². The second kappa shape index (κ2) is 3.42. The van der Waals surface area contributed by atoms with Crippen LogP contribution < -0.4 is 5.73 Å². The van der Waals surface area contributed by atoms with E-state index in [1.54, 1.807) is 0 Å². The molecule has 3 nitrogen and oxygen atoms in total. The van der Waals surface area contributed by atoms with Gasteiger partial charge in [0.25, 0.3) is 0 Å². The van der Waals surface area contributed by atoms with E-state index in [2.05, 4.69) is 24.2 Å². The fourth-order valence-corrected chi connectivity index (χ4v) is 1.64. The monoisotopic (exact) mass is 189 g/mol. The summed E-state index contributed by atoms with van der Waals surface area (Å²) < 4.78 is 1.89. The van der Waals surface area contributed by atoms with Crippen LogP contribution in [0.25, 0.3) is 5.52 Å². The number of nitrogens with zero attached hydrogens (tertiary/aromatic N) is 2. The van der Waals surface area contributed by atoms with Crippen molar-refractivity contribution in [3.63, 3.8) is 0 Å². The van der Waals surface area contributed by atoms with Crippen molar-refractivity contribution in [1.82, 2.24) is 9.61 Å². The van der Waals surface area contributed by atoms with Gasteiger partial charge in [0.05, 0.1) is 11.7 Å². The van der Waals surface area contributed by atoms with Gasteiger partial charge in [-0.3, -0.25) is 0 Å². The van der Waals surface area contributed by atoms with E-state index in [-0.39, 0.29) is 6.04 Å². The van der Waals surface area contributed by atoms with Crippen LogP contribution >= 0.6 is 0 Å². The Hall–Kier alpha value is -1.35. The van der Waals surface area contributed by atoms with E-state index in [0.29, 0.717) is 0 Å². The van der Waals surface area contributed by atoms with Crippen molar-refractivity contribution in [2.24, 2.45) is 5.73 Å². The molecule has 1 atom stereocenters. The fraction of sp³-hybridized carbons (Fsp3) is 0.364. The maximum Gasteiger partial charge on any atom is 0.0696 e. The van der Waals surface area contributed by atoms with Crippen molar-refractivity contribution in [2.45, 2.75) is 26.3 Å². The number of aromatic nitrogens is 2. The summed E-state index contributed by atoms with van der Waals surface area (Å²) in [5.74, 6) is 0. The molecule has 0 bridgehead atoms. The van der Waals surface area contributed by atoms with Crippen LogP contribution in [0.5, 0.6) is 0 Å². The summed E-state index contributed by atoms with van der Waals surface area (Å²) in [5, 5.41) is 4.27. The van der Waals surface area contributed by atoms with Crippen LogP contribution in [0.2, 0.25) is 0 Å². The highest BCUT2D eigenvalue weighted by atomic mass is 15.2. The van der Waals surface area contributed by atoms with Crippen LogP contribution in [0.1, 0.15) is 18.1 Å². The number of fused-ring (bicyclic) bond motifs is 1. The van der Waals surface area contributed by atoms with Crippen molar-refractivity contribution in [3.05, 3.63) is 35.7 Å². The van der Waals surface area contributed by atoms with Gasteiger partial charge in [0, 0.05) is 12.2 Å². The largest absolute Gasteiger partial charge is 0.328 e. The van der Waals surface area contributed by atoms with E-state index < -0.39 is 0 Å². The lowest BCUT2D eigenvalue weighted by Gasteiger charge is -2.03. The first-order valence-corrected chi connectivity index (χ1v) is 4.85. The Morgan fingerprint density at radius 2 is 2.36 bits per heavy atom. The number of nitrogens with two attached hydrogens (primary N) is 1. The molecule has 2 N–H and O–H groups in total. The quantitative estimate of drug-likeness (QED) is 0.778. The number of aryl methyl sites for hydroxylation is 1. The number of rotatable bonds is 2. The van der Waals surface area contributed by atoms with Crippen LogP contribution in [0, 0.1) is 6.92 Å². The molecule has 1 unspecified atom stereocenters. The zero-order valence-electron chi connectivity index (χ0n) is 8.57. The molecule has 2 aromatic heterocycles. The summed E-state index contributed by atoms with van der Waals surface area (Å²) in [6.45, 7) is 4.10. The van der Waals surface area contributed by atoms with Gasteiger partial charge >= 0.3 is 0 Å². The number of hydrogen-bond acceptors (Lipinski definition) is 2. The minimum absolute atomic E-state index is 0.184. The molecule has 0 fully saturated rings. The van der Waals surface area contributed by atoms with Gasteiger partial charge in [0.2, 0.25) is 0 Å². The lowest BCUT2D eigenvalue weighted by molar-refractivity contribution is 0.741. The van der Waals surface area contributed by atoms with Crippen LogP contribution in [0.15, 0.2) is 24.5 Å². The average molecular weight is 189 g/mol. The van der Waals surface area contributed by atoms with Crippen molar-refractivity contribution in [2.75, 3.05) is 0 Å². The summed E-state index contributed by atoms with van der Waals surface area (Å²) in [5.41, 5.74) is 9.42. The first kappa shape index (κ1) is 9.21. The smallest absolute Gasteiger partial charge is 0.0696 e. The van der Waals surface area contributed by atoms with E-state index >= 15 is 0 Å². The standard InChI is InChI=1S/C11H15N3/c1-8-3-4-14-11(5-8)10(7-13-14)6-9(2)12/h3-5,7,9H,6,12H2,1-2H3. The van der Waals surface area contributed by atoms with E-state index in [4.69, 9.17) is 5.73 Å². The minimum Gasteiger partial charge on any atom is -0.328 e. The maximum absolute atomic E-state index is 5.78.